The van der Waals surface area contributed by atoms with E-state index in [4.69, 9.17) is 15.5 Å². The van der Waals surface area contributed by atoms with Gasteiger partial charge in [0.05, 0.1) is 11.7 Å². The fraction of sp³-hybridized carbons (Fsp3) is 0.609. The Bertz CT molecular complexity index is 1010. The number of carbonyl (C=O) groups is 1. The standard InChI is InChI=1S/C23H29F2N5O2/c1-3-17-20-19(14-10-15(14)28-21(20)29-22(31)32-17)16-8-12(23(24,25)4-2)9-18(27-16)30-7-5-6-13(26)11-30/h8-9,13-15,17H,3-7,10-11,26H2,1-2H3,(H,28,29,31)/t13-,14?,15?,17?/m0/s1. The lowest BCUT2D eigenvalue weighted by molar-refractivity contribution is -0.00836. The molecule has 32 heavy (non-hydrogen) atoms. The molecule has 0 spiro atoms. The summed E-state index contributed by atoms with van der Waals surface area (Å²) in [5.74, 6) is -1.83. The molecule has 5 rings (SSSR count). The number of piperidine rings is 1. The van der Waals surface area contributed by atoms with Crippen molar-refractivity contribution >= 4 is 23.3 Å². The lowest BCUT2D eigenvalue weighted by Gasteiger charge is -2.34. The molecule has 1 amide bonds. The molecule has 4 aliphatic rings. The number of amides is 1. The zero-order chi connectivity index (χ0) is 22.6. The number of fused-ring (bicyclic) bond motifs is 2. The van der Waals surface area contributed by atoms with Crippen molar-refractivity contribution in [1.29, 1.82) is 0 Å². The van der Waals surface area contributed by atoms with Crippen molar-refractivity contribution in [2.75, 3.05) is 18.0 Å². The Labute approximate surface area is 186 Å². The topological polar surface area (TPSA) is 92.8 Å². The van der Waals surface area contributed by atoms with E-state index < -0.39 is 18.1 Å². The number of hydrogen-bond donors (Lipinski definition) is 2. The number of hydrogen-bond acceptors (Lipinski definition) is 6. The first-order valence-corrected chi connectivity index (χ1v) is 11.5. The second-order valence-electron chi connectivity index (χ2n) is 9.15. The molecule has 9 heteroatoms. The minimum atomic E-state index is -2.97. The zero-order valence-corrected chi connectivity index (χ0v) is 18.4. The van der Waals surface area contributed by atoms with Crippen molar-refractivity contribution in [3.63, 3.8) is 0 Å². The minimum absolute atomic E-state index is 0.000901. The van der Waals surface area contributed by atoms with Crippen LogP contribution in [-0.2, 0) is 10.7 Å². The van der Waals surface area contributed by atoms with E-state index >= 15 is 0 Å². The van der Waals surface area contributed by atoms with E-state index in [2.05, 4.69) is 10.3 Å². The first-order valence-electron chi connectivity index (χ1n) is 11.5. The number of rotatable bonds is 5. The number of ether oxygens (including phenoxy) is 1. The van der Waals surface area contributed by atoms with E-state index in [9.17, 15) is 13.6 Å². The molecule has 172 valence electrons. The molecule has 3 unspecified atom stereocenters. The summed E-state index contributed by atoms with van der Waals surface area (Å²) in [5.41, 5.74) is 8.30. The number of alkyl halides is 2. The van der Waals surface area contributed by atoms with Crippen LogP contribution >= 0.6 is 0 Å². The van der Waals surface area contributed by atoms with Gasteiger partial charge in [0.15, 0.2) is 0 Å². The maximum absolute atomic E-state index is 14.9. The number of anilines is 1. The van der Waals surface area contributed by atoms with Crippen molar-refractivity contribution in [2.24, 2.45) is 16.6 Å². The van der Waals surface area contributed by atoms with Gasteiger partial charge in [0.1, 0.15) is 17.8 Å². The van der Waals surface area contributed by atoms with Crippen LogP contribution in [0.15, 0.2) is 22.7 Å². The Morgan fingerprint density at radius 2 is 2.12 bits per heavy atom. The number of nitrogens with two attached hydrogens (primary N) is 1. The monoisotopic (exact) mass is 445 g/mol. The van der Waals surface area contributed by atoms with Crippen molar-refractivity contribution in [1.82, 2.24) is 10.3 Å². The maximum atomic E-state index is 14.9. The Kier molecular flexibility index (Phi) is 5.19. The van der Waals surface area contributed by atoms with Crippen LogP contribution in [0.25, 0.3) is 5.57 Å². The highest BCUT2D eigenvalue weighted by atomic mass is 19.3. The number of dihydropyridines is 1. The summed E-state index contributed by atoms with van der Waals surface area (Å²) in [7, 11) is 0. The van der Waals surface area contributed by atoms with E-state index in [-0.39, 0.29) is 30.0 Å². The van der Waals surface area contributed by atoms with E-state index in [0.29, 0.717) is 30.3 Å². The Morgan fingerprint density at radius 1 is 1.31 bits per heavy atom. The van der Waals surface area contributed by atoms with Gasteiger partial charge in [-0.05, 0) is 43.4 Å². The lowest BCUT2D eigenvalue weighted by Crippen LogP contribution is -2.46. The summed E-state index contributed by atoms with van der Waals surface area (Å²) in [6, 6.07) is 3.07. The Morgan fingerprint density at radius 3 is 2.84 bits per heavy atom. The first kappa shape index (κ1) is 21.3. The molecule has 1 aromatic rings. The second kappa shape index (κ2) is 7.79. The van der Waals surface area contributed by atoms with E-state index in [1.165, 1.54) is 19.1 Å². The minimum Gasteiger partial charge on any atom is -0.441 e. The predicted octanol–water partition coefficient (Wildman–Crippen LogP) is 3.58. The van der Waals surface area contributed by atoms with Crippen LogP contribution < -0.4 is 16.0 Å². The van der Waals surface area contributed by atoms with Crippen molar-refractivity contribution < 1.29 is 18.3 Å². The van der Waals surface area contributed by atoms with Crippen molar-refractivity contribution in [2.45, 2.75) is 70.1 Å². The number of pyridine rings is 1. The molecule has 2 saturated heterocycles. The third-order valence-corrected chi connectivity index (χ3v) is 6.87. The molecule has 4 heterocycles. The largest absolute Gasteiger partial charge is 0.441 e. The molecule has 3 N–H and O–H groups in total. The fourth-order valence-electron chi connectivity index (χ4n) is 5.00. The summed E-state index contributed by atoms with van der Waals surface area (Å²) < 4.78 is 35.3. The summed E-state index contributed by atoms with van der Waals surface area (Å²) in [6.07, 6.45) is 1.91. The number of halogens is 2. The van der Waals surface area contributed by atoms with Gasteiger partial charge in [0.2, 0.25) is 0 Å². The van der Waals surface area contributed by atoms with Crippen LogP contribution in [0.4, 0.5) is 19.4 Å². The number of alkyl carbamates (subject to hydrolysis) is 1. The van der Waals surface area contributed by atoms with Crippen LogP contribution in [0.1, 0.15) is 57.2 Å². The Balaban J connectivity index is 1.66. The summed E-state index contributed by atoms with van der Waals surface area (Å²) >= 11 is 0. The summed E-state index contributed by atoms with van der Waals surface area (Å²) in [4.78, 5) is 23.5. The van der Waals surface area contributed by atoms with Gasteiger partial charge in [-0.1, -0.05) is 13.8 Å². The van der Waals surface area contributed by atoms with E-state index in [0.717, 1.165) is 37.0 Å². The molecule has 0 radical (unpaired) electrons. The average molecular weight is 446 g/mol. The zero-order valence-electron chi connectivity index (χ0n) is 18.4. The molecule has 0 aromatic carbocycles. The molecule has 7 nitrogen and oxygen atoms in total. The number of amidine groups is 1. The van der Waals surface area contributed by atoms with Crippen LogP contribution in [0.3, 0.4) is 0 Å². The highest BCUT2D eigenvalue weighted by Crippen LogP contribution is 2.51. The van der Waals surface area contributed by atoms with Crippen LogP contribution in [0.2, 0.25) is 0 Å². The van der Waals surface area contributed by atoms with Crippen LogP contribution in [0, 0.1) is 5.92 Å². The van der Waals surface area contributed by atoms with Gasteiger partial charge in [0.25, 0.3) is 5.92 Å². The number of carbonyl (C=O) groups excluding carboxylic acids is 1. The van der Waals surface area contributed by atoms with Gasteiger partial charge < -0.3 is 15.4 Å². The molecule has 1 aliphatic carbocycles. The van der Waals surface area contributed by atoms with Crippen LogP contribution in [-0.4, -0.2) is 48.2 Å². The fourth-order valence-corrected chi connectivity index (χ4v) is 5.00. The number of nitrogens with zero attached hydrogens (tertiary/aromatic N) is 3. The van der Waals surface area contributed by atoms with Gasteiger partial charge in [0, 0.05) is 42.6 Å². The van der Waals surface area contributed by atoms with Gasteiger partial charge in [-0.3, -0.25) is 10.3 Å². The molecular formula is C23H29F2N5O2. The molecule has 1 aromatic heterocycles. The number of aromatic nitrogens is 1. The number of cyclic esters (lactones) is 1. The molecule has 4 atom stereocenters. The van der Waals surface area contributed by atoms with Gasteiger partial charge in [-0.2, -0.15) is 0 Å². The summed E-state index contributed by atoms with van der Waals surface area (Å²) in [5, 5.41) is 2.71. The van der Waals surface area contributed by atoms with Gasteiger partial charge >= 0.3 is 6.09 Å². The maximum Gasteiger partial charge on any atom is 0.413 e. The summed E-state index contributed by atoms with van der Waals surface area (Å²) in [6.45, 7) is 4.75. The molecule has 3 aliphatic heterocycles. The predicted molar refractivity (Wildman–Crippen MR) is 118 cm³/mol. The third kappa shape index (κ3) is 3.66. The second-order valence-corrected chi connectivity index (χ2v) is 9.15. The van der Waals surface area contributed by atoms with Gasteiger partial charge in [-0.25, -0.2) is 18.6 Å². The molecular weight excluding hydrogens is 416 g/mol. The average Bonchev–Trinajstić information content (AvgIpc) is 3.55. The third-order valence-electron chi connectivity index (χ3n) is 6.87. The highest BCUT2D eigenvalue weighted by molar-refractivity contribution is 6.14. The first-order chi connectivity index (χ1) is 15.3. The van der Waals surface area contributed by atoms with Crippen molar-refractivity contribution in [3.8, 4) is 0 Å². The van der Waals surface area contributed by atoms with Crippen LogP contribution in [0.5, 0.6) is 0 Å². The SMILES string of the molecule is CCC1OC(=O)NC2=NC3CC3C(c3cc(C(F)(F)CC)cc(N4CCC[C@H](N)C4)n3)=C21. The molecule has 0 bridgehead atoms. The van der Waals surface area contributed by atoms with Gasteiger partial charge in [-0.15, -0.1) is 0 Å². The smallest absolute Gasteiger partial charge is 0.413 e. The Hall–Kier alpha value is -2.55. The number of aliphatic imine (C=N–C) groups is 1. The quantitative estimate of drug-likeness (QED) is 0.723. The highest BCUT2D eigenvalue weighted by Gasteiger charge is 2.49. The van der Waals surface area contributed by atoms with Crippen molar-refractivity contribution in [3.05, 3.63) is 29.0 Å². The lowest BCUT2D eigenvalue weighted by atomic mass is 9.90. The number of nitrogens with one attached hydrogen (secondary N) is 1. The molecule has 1 saturated carbocycles. The normalized spacial score (nSPS) is 29.6. The van der Waals surface area contributed by atoms with E-state index in [1.54, 1.807) is 0 Å². The van der Waals surface area contributed by atoms with E-state index in [1.807, 2.05) is 11.8 Å². The molecule has 3 fully saturated rings.